The Balaban J connectivity index is 1.85. The molecule has 0 saturated carbocycles. The monoisotopic (exact) mass is 720 g/mol. The fourth-order valence-corrected chi connectivity index (χ4v) is 8.01. The Hall–Kier alpha value is -3.37. The predicted octanol–water partition coefficient (Wildman–Crippen LogP) is 13.0. The Morgan fingerprint density at radius 3 is 2.02 bits per heavy atom. The number of nitrogens with zero attached hydrogens (tertiary/aromatic N) is 2. The molecule has 0 radical (unpaired) electrons. The summed E-state index contributed by atoms with van der Waals surface area (Å²) in [6.45, 7) is 24.0. The van der Waals surface area contributed by atoms with Crippen molar-refractivity contribution in [2.24, 2.45) is 4.99 Å². The highest BCUT2D eigenvalue weighted by molar-refractivity contribution is 9.10. The molecule has 1 aliphatic rings. The molecule has 4 aromatic rings. The normalized spacial score (nSPS) is 21.1. The summed E-state index contributed by atoms with van der Waals surface area (Å²) < 4.78 is 10.8. The van der Waals surface area contributed by atoms with Crippen molar-refractivity contribution in [3.63, 3.8) is 0 Å². The van der Waals surface area contributed by atoms with Crippen LogP contribution in [-0.2, 0) is 34.6 Å². The molecule has 3 nitrogen and oxygen atoms in total. The summed E-state index contributed by atoms with van der Waals surface area (Å²) in [5.74, 6) is 1.81. The van der Waals surface area contributed by atoms with Gasteiger partial charge in [0.25, 0.3) is 0 Å². The van der Waals surface area contributed by atoms with E-state index in [4.69, 9.17) is 9.73 Å². The second-order valence-electron chi connectivity index (χ2n) is 16.4. The Labute approximate surface area is 305 Å². The molecule has 0 amide bonds. The average Bonchev–Trinajstić information content (AvgIpc) is 3.59. The summed E-state index contributed by atoms with van der Waals surface area (Å²) in [6, 6.07) is 26.7. The first kappa shape index (κ1) is 36.9. The average molecular weight is 722 g/mol. The van der Waals surface area contributed by atoms with Gasteiger partial charge in [-0.05, 0) is 77.1 Å². The number of hydrogen-bond donors (Lipinski definition) is 0. The minimum Gasteiger partial charge on any atom is -0.455 e. The fourth-order valence-electron chi connectivity index (χ4n) is 7.55. The van der Waals surface area contributed by atoms with E-state index in [9.17, 15) is 0 Å². The van der Waals surface area contributed by atoms with Crippen LogP contribution in [0.15, 0.2) is 106 Å². The molecule has 5 rings (SSSR count). The van der Waals surface area contributed by atoms with E-state index in [0.717, 1.165) is 66.0 Å². The third-order valence-corrected chi connectivity index (χ3v) is 11.4. The number of ether oxygens (including phenoxy) is 1. The molecule has 0 saturated heterocycles. The van der Waals surface area contributed by atoms with Gasteiger partial charge in [-0.3, -0.25) is 0 Å². The Kier molecular flexibility index (Phi) is 10.9. The summed E-state index contributed by atoms with van der Waals surface area (Å²) >= 11 is 3.85. The third kappa shape index (κ3) is 7.55. The van der Waals surface area contributed by atoms with Crippen LogP contribution in [0.25, 0.3) is 0 Å². The van der Waals surface area contributed by atoms with Crippen LogP contribution in [0.2, 0.25) is 0 Å². The lowest BCUT2D eigenvalue weighted by Crippen LogP contribution is -2.44. The van der Waals surface area contributed by atoms with Crippen molar-refractivity contribution in [3.05, 3.63) is 129 Å². The molecule has 260 valence electrons. The molecule has 1 aliphatic heterocycles. The van der Waals surface area contributed by atoms with Gasteiger partial charge in [-0.15, -0.1) is 0 Å². The van der Waals surface area contributed by atoms with Gasteiger partial charge in [0.2, 0.25) is 0 Å². The number of aliphatic imine (C=N–C) groups is 1. The van der Waals surface area contributed by atoms with Crippen LogP contribution in [0.3, 0.4) is 0 Å². The largest absolute Gasteiger partial charge is 0.455 e. The highest BCUT2D eigenvalue weighted by Crippen LogP contribution is 2.53. The van der Waals surface area contributed by atoms with Crippen molar-refractivity contribution in [2.75, 3.05) is 0 Å². The maximum absolute atomic E-state index is 7.45. The van der Waals surface area contributed by atoms with Gasteiger partial charge in [-0.2, -0.15) is 0 Å². The lowest BCUT2D eigenvalue weighted by atomic mass is 9.56. The van der Waals surface area contributed by atoms with E-state index in [1.807, 2.05) is 0 Å². The van der Waals surface area contributed by atoms with Crippen LogP contribution in [0.5, 0.6) is 5.75 Å². The molecular formula is C45H57BrN2O. The first-order valence-electron chi connectivity index (χ1n) is 18.2. The van der Waals surface area contributed by atoms with Gasteiger partial charge in [0, 0.05) is 51.8 Å². The number of halogens is 1. The summed E-state index contributed by atoms with van der Waals surface area (Å²) in [5, 5.41) is 0. The van der Waals surface area contributed by atoms with Crippen LogP contribution in [0, 0.1) is 0 Å². The number of hydrogen-bond acceptors (Lipinski definition) is 2. The smallest absolute Gasteiger partial charge is 0.145 e. The fraction of sp³-hybridized carbons (Fsp3) is 0.444. The summed E-state index contributed by atoms with van der Waals surface area (Å²) in [4.78, 5) is 5.76. The van der Waals surface area contributed by atoms with E-state index < -0.39 is 0 Å². The topological polar surface area (TPSA) is 26.5 Å². The molecule has 0 N–H and O–H groups in total. The molecule has 1 aromatic heterocycles. The Bertz CT molecular complexity index is 1770. The zero-order valence-electron chi connectivity index (χ0n) is 31.6. The minimum absolute atomic E-state index is 0.138. The van der Waals surface area contributed by atoms with Crippen LogP contribution < -0.4 is 4.74 Å². The third-order valence-electron chi connectivity index (χ3n) is 11.0. The summed E-state index contributed by atoms with van der Waals surface area (Å²) in [5.41, 5.74) is 7.77. The number of para-hydroxylation sites is 1. The number of allylic oxidation sites excluding steroid dienone is 2. The molecule has 2 heterocycles. The zero-order chi connectivity index (χ0) is 35.6. The number of rotatable bonds is 9. The molecular weight excluding hydrogens is 664 g/mol. The standard InChI is InChI=1S/C45H57BrN2O/c1-11-19-32-20-18-23-35-40(32)47-38(25-29-48-27-16-17-28-48)39(24-26-45(10,44(35,9)12-2)33-21-14-13-15-22-33)49-41-36(42(3,4)5)30-34(46)31-37(41)43(6,7)8/h13-18,20-24,27-28,30-31H,11-12,19,25-26,29H2,1-10H3/b39-24-,47-38?. The molecule has 2 atom stereocenters. The van der Waals surface area contributed by atoms with Crippen LogP contribution in [0.1, 0.15) is 123 Å². The van der Waals surface area contributed by atoms with E-state index in [2.05, 4.69) is 181 Å². The lowest BCUT2D eigenvalue weighted by molar-refractivity contribution is 0.244. The molecule has 0 fully saturated rings. The first-order valence-corrected chi connectivity index (χ1v) is 19.0. The molecule has 0 bridgehead atoms. The predicted molar refractivity (Wildman–Crippen MR) is 213 cm³/mol. The quantitative estimate of drug-likeness (QED) is 0.169. The van der Waals surface area contributed by atoms with E-state index in [1.54, 1.807) is 0 Å². The molecule has 49 heavy (non-hydrogen) atoms. The maximum atomic E-state index is 7.45. The zero-order valence-corrected chi connectivity index (χ0v) is 33.2. The number of benzene rings is 3. The van der Waals surface area contributed by atoms with Crippen LogP contribution in [-0.4, -0.2) is 10.3 Å². The van der Waals surface area contributed by atoms with Gasteiger partial charge < -0.3 is 9.30 Å². The van der Waals surface area contributed by atoms with E-state index in [1.165, 1.54) is 27.8 Å². The van der Waals surface area contributed by atoms with Crippen molar-refractivity contribution < 1.29 is 4.74 Å². The molecule has 0 spiro atoms. The van der Waals surface area contributed by atoms with Crippen molar-refractivity contribution in [3.8, 4) is 5.75 Å². The van der Waals surface area contributed by atoms with E-state index in [-0.39, 0.29) is 21.7 Å². The van der Waals surface area contributed by atoms with Crippen molar-refractivity contribution >= 4 is 27.3 Å². The van der Waals surface area contributed by atoms with Gasteiger partial charge in [-0.1, -0.05) is 140 Å². The maximum Gasteiger partial charge on any atom is 0.145 e. The van der Waals surface area contributed by atoms with Gasteiger partial charge in [0.05, 0.1) is 11.4 Å². The van der Waals surface area contributed by atoms with Gasteiger partial charge in [-0.25, -0.2) is 4.99 Å². The molecule has 2 unspecified atom stereocenters. The van der Waals surface area contributed by atoms with Gasteiger partial charge >= 0.3 is 0 Å². The second-order valence-corrected chi connectivity index (χ2v) is 17.3. The minimum atomic E-state index is -0.234. The SMILES string of the molecule is CCCc1cccc2c1N=C(CCn1cccc1)/C(Oc1c(C(C)(C)C)cc(Br)cc1C(C)(C)C)=C/CC(C)(c1ccccc1)C2(C)CC. The lowest BCUT2D eigenvalue weighted by Gasteiger charge is -2.47. The van der Waals surface area contributed by atoms with E-state index >= 15 is 0 Å². The summed E-state index contributed by atoms with van der Waals surface area (Å²) in [6.07, 6.45) is 11.2. The van der Waals surface area contributed by atoms with Crippen molar-refractivity contribution in [2.45, 2.75) is 130 Å². The highest BCUT2D eigenvalue weighted by atomic mass is 79.9. The second kappa shape index (κ2) is 14.5. The number of aromatic nitrogens is 1. The number of fused-ring (bicyclic) bond motifs is 1. The Morgan fingerprint density at radius 2 is 1.45 bits per heavy atom. The first-order chi connectivity index (χ1) is 23.1. The Morgan fingerprint density at radius 1 is 0.816 bits per heavy atom. The molecule has 3 aromatic carbocycles. The van der Waals surface area contributed by atoms with Gasteiger partial charge in [0.15, 0.2) is 0 Å². The highest BCUT2D eigenvalue weighted by Gasteiger charge is 2.47. The van der Waals surface area contributed by atoms with E-state index in [0.29, 0.717) is 0 Å². The molecule has 4 heteroatoms. The van der Waals surface area contributed by atoms with Gasteiger partial charge in [0.1, 0.15) is 11.5 Å². The number of aryl methyl sites for hydroxylation is 2. The van der Waals surface area contributed by atoms with Crippen molar-refractivity contribution in [1.29, 1.82) is 0 Å². The van der Waals surface area contributed by atoms with Crippen LogP contribution in [0.4, 0.5) is 5.69 Å². The molecule has 0 aliphatic carbocycles. The van der Waals surface area contributed by atoms with Crippen LogP contribution >= 0.6 is 15.9 Å². The van der Waals surface area contributed by atoms with Crippen molar-refractivity contribution in [1.82, 2.24) is 4.57 Å². The summed E-state index contributed by atoms with van der Waals surface area (Å²) in [7, 11) is 0.